The minimum absolute atomic E-state index is 0.105. The largest absolute Gasteiger partial charge is 0.361 e. The number of halogens is 1. The van der Waals surface area contributed by atoms with E-state index in [0.717, 1.165) is 30.5 Å². The molecule has 0 fully saturated rings. The Labute approximate surface area is 154 Å². The molecule has 0 unspecified atom stereocenters. The summed E-state index contributed by atoms with van der Waals surface area (Å²) < 4.78 is 17.9. The summed E-state index contributed by atoms with van der Waals surface area (Å²) in [6.07, 6.45) is 1.84. The number of aromatic nitrogens is 4. The molecule has 0 saturated heterocycles. The minimum atomic E-state index is -0.210. The zero-order chi connectivity index (χ0) is 18.5. The summed E-state index contributed by atoms with van der Waals surface area (Å²) in [4.78, 5) is 14.6. The highest BCUT2D eigenvalue weighted by molar-refractivity contribution is 5.80. The fourth-order valence-corrected chi connectivity index (χ4v) is 4.01. The highest BCUT2D eigenvalue weighted by Gasteiger charge is 2.23. The molecule has 136 valence electrons. The van der Waals surface area contributed by atoms with Crippen LogP contribution in [0.1, 0.15) is 17.8 Å². The first kappa shape index (κ1) is 16.0. The third kappa shape index (κ3) is 2.34. The maximum atomic E-state index is 14.5. The van der Waals surface area contributed by atoms with Crippen molar-refractivity contribution in [1.82, 2.24) is 19.2 Å². The number of para-hydroxylation sites is 2. The van der Waals surface area contributed by atoms with E-state index in [2.05, 4.69) is 10.2 Å². The van der Waals surface area contributed by atoms with Crippen molar-refractivity contribution in [2.45, 2.75) is 19.4 Å². The van der Waals surface area contributed by atoms with Crippen LogP contribution in [0.3, 0.4) is 0 Å². The normalized spacial score (nSPS) is 14.1. The second-order valence-corrected chi connectivity index (χ2v) is 6.91. The molecule has 0 amide bonds. The van der Waals surface area contributed by atoms with E-state index in [1.165, 1.54) is 10.6 Å². The molecule has 6 nitrogen and oxygen atoms in total. The van der Waals surface area contributed by atoms with Crippen molar-refractivity contribution in [2.75, 3.05) is 11.4 Å². The molecule has 1 aliphatic heterocycles. The lowest BCUT2D eigenvalue weighted by atomic mass is 10.0. The molecule has 0 spiro atoms. The molecule has 0 radical (unpaired) electrons. The highest BCUT2D eigenvalue weighted by atomic mass is 19.1. The van der Waals surface area contributed by atoms with Gasteiger partial charge < -0.3 is 4.90 Å². The van der Waals surface area contributed by atoms with E-state index in [1.54, 1.807) is 19.2 Å². The van der Waals surface area contributed by atoms with E-state index in [0.29, 0.717) is 29.2 Å². The summed E-state index contributed by atoms with van der Waals surface area (Å²) >= 11 is 0. The van der Waals surface area contributed by atoms with Crippen LogP contribution in [0.15, 0.2) is 47.3 Å². The predicted molar refractivity (Wildman–Crippen MR) is 102 cm³/mol. The van der Waals surface area contributed by atoms with Gasteiger partial charge >= 0.3 is 0 Å². The first-order valence-corrected chi connectivity index (χ1v) is 8.99. The minimum Gasteiger partial charge on any atom is -0.361 e. The number of rotatable bonds is 2. The zero-order valence-electron chi connectivity index (χ0n) is 14.9. The number of fused-ring (bicyclic) bond motifs is 4. The monoisotopic (exact) mass is 363 g/mol. The Morgan fingerprint density at radius 2 is 1.96 bits per heavy atom. The van der Waals surface area contributed by atoms with Crippen molar-refractivity contribution < 1.29 is 4.39 Å². The molecule has 7 heteroatoms. The fourth-order valence-electron chi connectivity index (χ4n) is 4.01. The van der Waals surface area contributed by atoms with Gasteiger partial charge in [0, 0.05) is 13.6 Å². The standard InChI is InChI=1S/C20H18FN5O/c1-24-19(27)14-8-2-3-10-16(14)26-17(22-23-20(24)26)12-25-11-5-7-13-6-4-9-15(21)18(13)25/h2-4,6,8-10H,5,7,11-12H2,1H3. The Bertz CT molecular complexity index is 1240. The molecule has 0 atom stereocenters. The molecule has 5 rings (SSSR count). The molecule has 0 N–H and O–H groups in total. The van der Waals surface area contributed by atoms with Gasteiger partial charge in [-0.05, 0) is 36.6 Å². The number of benzene rings is 2. The Balaban J connectivity index is 1.70. The summed E-state index contributed by atoms with van der Waals surface area (Å²) in [6, 6.07) is 12.7. The summed E-state index contributed by atoms with van der Waals surface area (Å²) in [5.74, 6) is 0.964. The van der Waals surface area contributed by atoms with Crippen LogP contribution < -0.4 is 10.5 Å². The lowest BCUT2D eigenvalue weighted by molar-refractivity contribution is 0.591. The van der Waals surface area contributed by atoms with Crippen molar-refractivity contribution >= 4 is 22.4 Å². The summed E-state index contributed by atoms with van der Waals surface area (Å²) in [6.45, 7) is 1.18. The van der Waals surface area contributed by atoms with Gasteiger partial charge in [-0.1, -0.05) is 24.3 Å². The number of hydrogen-bond donors (Lipinski definition) is 0. The van der Waals surface area contributed by atoms with Crippen LogP contribution in [0, 0.1) is 5.82 Å². The van der Waals surface area contributed by atoms with Gasteiger partial charge in [0.05, 0.1) is 23.1 Å². The SMILES string of the molecule is Cn1c(=O)c2ccccc2n2c(CN3CCCc4cccc(F)c43)nnc12. The Hall–Kier alpha value is -3.22. The second kappa shape index (κ2) is 5.90. The molecule has 3 heterocycles. The van der Waals surface area contributed by atoms with E-state index in [-0.39, 0.29) is 11.4 Å². The van der Waals surface area contributed by atoms with Crippen LogP contribution in [0.25, 0.3) is 16.7 Å². The quantitative estimate of drug-likeness (QED) is 0.549. The lowest BCUT2D eigenvalue weighted by Gasteiger charge is -2.31. The number of aryl methyl sites for hydroxylation is 2. The van der Waals surface area contributed by atoms with Crippen LogP contribution in [0.2, 0.25) is 0 Å². The van der Waals surface area contributed by atoms with E-state index in [4.69, 9.17) is 0 Å². The number of anilines is 1. The van der Waals surface area contributed by atoms with Gasteiger partial charge in [-0.2, -0.15) is 0 Å². The van der Waals surface area contributed by atoms with Gasteiger partial charge in [0.1, 0.15) is 5.82 Å². The Morgan fingerprint density at radius 3 is 2.85 bits per heavy atom. The van der Waals surface area contributed by atoms with Crippen molar-refractivity contribution in [3.8, 4) is 0 Å². The fraction of sp³-hybridized carbons (Fsp3) is 0.250. The third-order valence-electron chi connectivity index (χ3n) is 5.29. The molecule has 1 aliphatic rings. The highest BCUT2D eigenvalue weighted by Crippen LogP contribution is 2.31. The third-order valence-corrected chi connectivity index (χ3v) is 5.29. The van der Waals surface area contributed by atoms with Crippen LogP contribution in [0.4, 0.5) is 10.1 Å². The molecule has 0 saturated carbocycles. The van der Waals surface area contributed by atoms with Gasteiger partial charge in [0.2, 0.25) is 5.78 Å². The average Bonchev–Trinajstić information content (AvgIpc) is 3.10. The van der Waals surface area contributed by atoms with Crippen molar-refractivity contribution in [3.63, 3.8) is 0 Å². The van der Waals surface area contributed by atoms with Gasteiger partial charge in [-0.15, -0.1) is 10.2 Å². The Kier molecular flexibility index (Phi) is 3.50. The van der Waals surface area contributed by atoms with Crippen molar-refractivity contribution in [3.05, 3.63) is 70.0 Å². The van der Waals surface area contributed by atoms with E-state index in [9.17, 15) is 9.18 Å². The summed E-state index contributed by atoms with van der Waals surface area (Å²) in [5, 5.41) is 9.17. The van der Waals surface area contributed by atoms with Crippen molar-refractivity contribution in [1.29, 1.82) is 0 Å². The lowest BCUT2D eigenvalue weighted by Crippen LogP contribution is -2.31. The molecule has 0 aliphatic carbocycles. The van der Waals surface area contributed by atoms with Crippen LogP contribution >= 0.6 is 0 Å². The average molecular weight is 363 g/mol. The van der Waals surface area contributed by atoms with Gasteiger partial charge in [0.25, 0.3) is 5.56 Å². The van der Waals surface area contributed by atoms with Gasteiger partial charge in [-0.25, -0.2) is 4.39 Å². The van der Waals surface area contributed by atoms with E-state index in [1.807, 2.05) is 33.6 Å². The smallest absolute Gasteiger partial charge is 0.262 e. The van der Waals surface area contributed by atoms with Crippen molar-refractivity contribution in [2.24, 2.45) is 7.05 Å². The molecule has 0 bridgehead atoms. The molecule has 27 heavy (non-hydrogen) atoms. The van der Waals surface area contributed by atoms with Gasteiger partial charge in [-0.3, -0.25) is 13.8 Å². The molecule has 2 aromatic carbocycles. The van der Waals surface area contributed by atoms with Gasteiger partial charge in [0.15, 0.2) is 5.82 Å². The van der Waals surface area contributed by atoms with Crippen LogP contribution in [0.5, 0.6) is 0 Å². The second-order valence-electron chi connectivity index (χ2n) is 6.91. The number of hydrogen-bond acceptors (Lipinski definition) is 4. The molecular weight excluding hydrogens is 345 g/mol. The first-order chi connectivity index (χ1) is 13.1. The maximum Gasteiger partial charge on any atom is 0.262 e. The number of nitrogens with zero attached hydrogens (tertiary/aromatic N) is 5. The summed E-state index contributed by atoms with van der Waals surface area (Å²) in [7, 11) is 1.69. The van der Waals surface area contributed by atoms with E-state index < -0.39 is 0 Å². The van der Waals surface area contributed by atoms with E-state index >= 15 is 0 Å². The molecule has 4 aromatic rings. The summed E-state index contributed by atoms with van der Waals surface area (Å²) in [5.41, 5.74) is 2.33. The Morgan fingerprint density at radius 1 is 1.11 bits per heavy atom. The predicted octanol–water partition coefficient (Wildman–Crippen LogP) is 2.67. The topological polar surface area (TPSA) is 55.4 Å². The molecule has 2 aromatic heterocycles. The zero-order valence-corrected chi connectivity index (χ0v) is 14.9. The maximum absolute atomic E-state index is 14.5. The van der Waals surface area contributed by atoms with Crippen LogP contribution in [-0.4, -0.2) is 25.7 Å². The first-order valence-electron chi connectivity index (χ1n) is 8.99. The van der Waals surface area contributed by atoms with Crippen LogP contribution in [-0.2, 0) is 20.0 Å². The molecular formula is C20H18FN5O.